The second-order valence-electron chi connectivity index (χ2n) is 6.78. The molecule has 3 heterocycles. The van der Waals surface area contributed by atoms with Crippen molar-refractivity contribution in [3.63, 3.8) is 0 Å². The number of carbonyl (C=O) groups excluding carboxylic acids is 2. The zero-order chi connectivity index (χ0) is 20.7. The molecule has 0 aliphatic carbocycles. The number of aromatic amines is 2. The van der Waals surface area contributed by atoms with Crippen molar-refractivity contribution in [1.82, 2.24) is 24.5 Å². The molecule has 4 N–H and O–H groups in total. The highest BCUT2D eigenvalue weighted by atomic mass is 16.2. The van der Waals surface area contributed by atoms with Gasteiger partial charge in [0, 0.05) is 30.3 Å². The van der Waals surface area contributed by atoms with E-state index in [9.17, 15) is 9.59 Å². The number of nitrogens with zero attached hydrogens (tertiary/aromatic N) is 3. The molecule has 0 bridgehead atoms. The zero-order valence-electron chi connectivity index (χ0n) is 15.9. The van der Waals surface area contributed by atoms with Gasteiger partial charge in [0.2, 0.25) is 11.9 Å². The molecular weight excluding hydrogens is 382 g/mol. The second-order valence-corrected chi connectivity index (χ2v) is 6.78. The van der Waals surface area contributed by atoms with Crippen LogP contribution in [0.3, 0.4) is 0 Å². The van der Waals surface area contributed by atoms with Crippen molar-refractivity contribution in [2.45, 2.75) is 0 Å². The number of aromatic nitrogens is 5. The van der Waals surface area contributed by atoms with E-state index in [2.05, 4.69) is 30.6 Å². The first-order valence-electron chi connectivity index (χ1n) is 9.25. The van der Waals surface area contributed by atoms with Gasteiger partial charge in [0.15, 0.2) is 0 Å². The van der Waals surface area contributed by atoms with E-state index in [1.807, 2.05) is 41.9 Å². The Labute approximate surface area is 170 Å². The van der Waals surface area contributed by atoms with Crippen LogP contribution in [0.4, 0.5) is 11.9 Å². The molecule has 0 unspecified atom stereocenters. The van der Waals surface area contributed by atoms with Gasteiger partial charge in [0.1, 0.15) is 11.2 Å². The van der Waals surface area contributed by atoms with Crippen molar-refractivity contribution in [2.75, 3.05) is 10.6 Å². The quantitative estimate of drug-likeness (QED) is 0.371. The number of hydrogen-bond donors (Lipinski definition) is 4. The van der Waals surface area contributed by atoms with E-state index >= 15 is 0 Å². The number of para-hydroxylation sites is 2. The van der Waals surface area contributed by atoms with Gasteiger partial charge in [-0.05, 0) is 24.3 Å². The topological polar surface area (TPSA) is 120 Å². The normalized spacial score (nSPS) is 11.1. The summed E-state index contributed by atoms with van der Waals surface area (Å²) in [6.07, 6.45) is 3.16. The average Bonchev–Trinajstić information content (AvgIpc) is 3.47. The van der Waals surface area contributed by atoms with E-state index in [-0.39, 0.29) is 17.8 Å². The van der Waals surface area contributed by atoms with Gasteiger partial charge in [-0.2, -0.15) is 0 Å². The van der Waals surface area contributed by atoms with Crippen molar-refractivity contribution in [2.24, 2.45) is 7.05 Å². The van der Waals surface area contributed by atoms with E-state index in [1.54, 1.807) is 30.6 Å². The number of anilines is 2. The summed E-state index contributed by atoms with van der Waals surface area (Å²) in [5, 5.41) is 6.44. The van der Waals surface area contributed by atoms with Crippen LogP contribution in [-0.4, -0.2) is 36.3 Å². The summed E-state index contributed by atoms with van der Waals surface area (Å²) in [5.41, 5.74) is 2.92. The lowest BCUT2D eigenvalue weighted by molar-refractivity contribution is 0.101. The molecule has 2 amide bonds. The molecule has 0 spiro atoms. The van der Waals surface area contributed by atoms with Gasteiger partial charge in [-0.15, -0.1) is 0 Å². The standard InChI is InChI=1S/C21H17N7O2/c1-28-15-8-3-2-5-12(15)11-16(28)19(30)27-21-24-14-7-4-6-13(17(14)25-21)18(29)26-20-22-9-10-23-20/h2-11H,1H3,(H2,22,23,26,29)(H2,24,25,27,30). The smallest absolute Gasteiger partial charge is 0.274 e. The van der Waals surface area contributed by atoms with Crippen molar-refractivity contribution < 1.29 is 9.59 Å². The molecule has 0 aliphatic heterocycles. The predicted molar refractivity (Wildman–Crippen MR) is 114 cm³/mol. The maximum absolute atomic E-state index is 12.8. The van der Waals surface area contributed by atoms with E-state index in [0.717, 1.165) is 10.9 Å². The lowest BCUT2D eigenvalue weighted by Gasteiger charge is -2.04. The number of carbonyl (C=O) groups is 2. The van der Waals surface area contributed by atoms with Crippen molar-refractivity contribution in [3.8, 4) is 0 Å². The van der Waals surface area contributed by atoms with Gasteiger partial charge in [-0.3, -0.25) is 20.2 Å². The molecule has 0 aliphatic rings. The van der Waals surface area contributed by atoms with Crippen LogP contribution < -0.4 is 10.6 Å². The lowest BCUT2D eigenvalue weighted by atomic mass is 10.2. The Morgan fingerprint density at radius 3 is 2.63 bits per heavy atom. The first-order chi connectivity index (χ1) is 14.6. The van der Waals surface area contributed by atoms with Crippen LogP contribution in [0.15, 0.2) is 60.9 Å². The molecule has 3 aromatic heterocycles. The van der Waals surface area contributed by atoms with Crippen molar-refractivity contribution >= 4 is 45.6 Å². The summed E-state index contributed by atoms with van der Waals surface area (Å²) in [6.45, 7) is 0. The van der Waals surface area contributed by atoms with Crippen LogP contribution in [0.25, 0.3) is 21.9 Å². The lowest BCUT2D eigenvalue weighted by Crippen LogP contribution is -2.16. The molecule has 2 aromatic carbocycles. The Bertz CT molecular complexity index is 1400. The maximum atomic E-state index is 12.8. The number of imidazole rings is 2. The van der Waals surface area contributed by atoms with Crippen LogP contribution in [0.5, 0.6) is 0 Å². The summed E-state index contributed by atoms with van der Waals surface area (Å²) in [4.78, 5) is 39.7. The van der Waals surface area contributed by atoms with Crippen LogP contribution in [-0.2, 0) is 7.05 Å². The summed E-state index contributed by atoms with van der Waals surface area (Å²) in [6, 6.07) is 14.8. The molecule has 0 fully saturated rings. The minimum Gasteiger partial charge on any atom is -0.340 e. The van der Waals surface area contributed by atoms with Crippen LogP contribution >= 0.6 is 0 Å². The highest BCUT2D eigenvalue weighted by molar-refractivity contribution is 6.12. The monoisotopic (exact) mass is 399 g/mol. The Morgan fingerprint density at radius 2 is 1.83 bits per heavy atom. The maximum Gasteiger partial charge on any atom is 0.274 e. The summed E-state index contributed by atoms with van der Waals surface area (Å²) in [5.74, 6) is -0.0432. The van der Waals surface area contributed by atoms with Gasteiger partial charge in [0.05, 0.1) is 11.1 Å². The van der Waals surface area contributed by atoms with E-state index < -0.39 is 0 Å². The summed E-state index contributed by atoms with van der Waals surface area (Å²) in [7, 11) is 1.84. The molecule has 0 radical (unpaired) electrons. The Balaban J connectivity index is 1.44. The van der Waals surface area contributed by atoms with E-state index in [4.69, 9.17) is 0 Å². The average molecular weight is 399 g/mol. The first-order valence-corrected chi connectivity index (χ1v) is 9.25. The van der Waals surface area contributed by atoms with E-state index in [1.165, 1.54) is 0 Å². The van der Waals surface area contributed by atoms with Gasteiger partial charge in [0.25, 0.3) is 11.8 Å². The molecule has 9 nitrogen and oxygen atoms in total. The SMILES string of the molecule is Cn1c(C(=O)Nc2nc3c(C(=O)Nc4ncc[nH]4)cccc3[nH]2)cc2ccccc21. The predicted octanol–water partition coefficient (Wildman–Crippen LogP) is 3.28. The van der Waals surface area contributed by atoms with Gasteiger partial charge < -0.3 is 14.5 Å². The summed E-state index contributed by atoms with van der Waals surface area (Å²) >= 11 is 0. The van der Waals surface area contributed by atoms with Gasteiger partial charge in [-0.25, -0.2) is 9.97 Å². The third-order valence-corrected chi connectivity index (χ3v) is 4.90. The fourth-order valence-corrected chi connectivity index (χ4v) is 3.46. The van der Waals surface area contributed by atoms with Crippen LogP contribution in [0.1, 0.15) is 20.8 Å². The fourth-order valence-electron chi connectivity index (χ4n) is 3.46. The highest BCUT2D eigenvalue weighted by Gasteiger charge is 2.18. The molecular formula is C21H17N7O2. The first kappa shape index (κ1) is 17.7. The zero-order valence-corrected chi connectivity index (χ0v) is 15.9. The summed E-state index contributed by atoms with van der Waals surface area (Å²) < 4.78 is 1.83. The van der Waals surface area contributed by atoms with Gasteiger partial charge >= 0.3 is 0 Å². The third kappa shape index (κ3) is 2.98. The second kappa shape index (κ2) is 6.89. The molecule has 0 saturated heterocycles. The van der Waals surface area contributed by atoms with Crippen molar-refractivity contribution in [1.29, 1.82) is 0 Å². The fraction of sp³-hybridized carbons (Fsp3) is 0.0476. The number of amides is 2. The van der Waals surface area contributed by atoms with Gasteiger partial charge in [-0.1, -0.05) is 24.3 Å². The largest absolute Gasteiger partial charge is 0.340 e. The Kier molecular flexibility index (Phi) is 4.06. The molecule has 30 heavy (non-hydrogen) atoms. The number of aryl methyl sites for hydroxylation is 1. The molecule has 0 saturated carbocycles. The molecule has 148 valence electrons. The molecule has 5 rings (SSSR count). The number of fused-ring (bicyclic) bond motifs is 2. The third-order valence-electron chi connectivity index (χ3n) is 4.90. The minimum absolute atomic E-state index is 0.263. The number of nitrogens with one attached hydrogen (secondary N) is 4. The Hall–Kier alpha value is -4.40. The minimum atomic E-state index is -0.353. The Morgan fingerprint density at radius 1 is 1.00 bits per heavy atom. The number of rotatable bonds is 4. The highest BCUT2D eigenvalue weighted by Crippen LogP contribution is 2.22. The molecule has 9 heteroatoms. The van der Waals surface area contributed by atoms with Crippen LogP contribution in [0, 0.1) is 0 Å². The van der Waals surface area contributed by atoms with Crippen molar-refractivity contribution in [3.05, 3.63) is 72.2 Å². The molecule has 0 atom stereocenters. The van der Waals surface area contributed by atoms with E-state index in [0.29, 0.717) is 28.2 Å². The number of benzene rings is 2. The number of hydrogen-bond acceptors (Lipinski definition) is 4. The number of H-pyrrole nitrogens is 2. The molecule has 5 aromatic rings. The van der Waals surface area contributed by atoms with Crippen LogP contribution in [0.2, 0.25) is 0 Å².